The Morgan fingerprint density at radius 3 is 2.26 bits per heavy atom. The van der Waals surface area contributed by atoms with Crippen molar-refractivity contribution in [1.82, 2.24) is 0 Å². The predicted octanol–water partition coefficient (Wildman–Crippen LogP) is 9.16. The van der Waals surface area contributed by atoms with Gasteiger partial charge in [-0.1, -0.05) is 65.3 Å². The second-order valence-corrected chi connectivity index (χ2v) is 14.4. The van der Waals surface area contributed by atoms with E-state index in [1.807, 2.05) is 0 Å². The lowest BCUT2D eigenvalue weighted by atomic mass is 9.51. The first-order valence-electron chi connectivity index (χ1n) is 16.0. The number of hydrogen-bond acceptors (Lipinski definition) is 6. The van der Waals surface area contributed by atoms with Crippen LogP contribution in [0.5, 0.6) is 0 Å². The molecule has 232 valence electrons. The number of carbonyl (C=O) groups is 1. The maximum Gasteiger partial charge on any atom is 0.338 e. The van der Waals surface area contributed by atoms with Crippen molar-refractivity contribution in [1.29, 1.82) is 0 Å². The Kier molecular flexibility index (Phi) is 8.45. The number of nitro groups is 2. The van der Waals surface area contributed by atoms with Crippen molar-refractivity contribution in [2.45, 2.75) is 99.0 Å². The number of carbonyl (C=O) groups excluding carboxylic acids is 1. The van der Waals surface area contributed by atoms with Crippen molar-refractivity contribution in [3.8, 4) is 0 Å². The fourth-order valence-corrected chi connectivity index (χ4v) is 8.60. The lowest BCUT2D eigenvalue weighted by molar-refractivity contribution is -0.394. The Labute approximate surface area is 255 Å². The Bertz CT molecular complexity index is 1380. The molecule has 0 N–H and O–H groups in total. The van der Waals surface area contributed by atoms with Crippen LogP contribution in [-0.2, 0) is 4.74 Å². The topological polar surface area (TPSA) is 113 Å². The number of benzene rings is 1. The van der Waals surface area contributed by atoms with Crippen LogP contribution < -0.4 is 0 Å². The van der Waals surface area contributed by atoms with E-state index < -0.39 is 27.2 Å². The number of hydrogen-bond donors (Lipinski definition) is 0. The van der Waals surface area contributed by atoms with Crippen LogP contribution in [0, 0.1) is 60.6 Å². The molecule has 8 nitrogen and oxygen atoms in total. The highest BCUT2D eigenvalue weighted by Crippen LogP contribution is 2.64. The van der Waals surface area contributed by atoms with Crippen LogP contribution in [0.1, 0.15) is 103 Å². The molecule has 1 fully saturated rings. The van der Waals surface area contributed by atoms with Crippen molar-refractivity contribution in [3.05, 3.63) is 78.9 Å². The minimum absolute atomic E-state index is 0.0687. The van der Waals surface area contributed by atoms with E-state index in [0.717, 1.165) is 56.7 Å². The highest BCUT2D eigenvalue weighted by molar-refractivity contribution is 5.91. The second-order valence-electron chi connectivity index (χ2n) is 14.4. The van der Waals surface area contributed by atoms with Gasteiger partial charge in [0.05, 0.1) is 21.5 Å². The summed E-state index contributed by atoms with van der Waals surface area (Å²) in [7, 11) is 0. The van der Waals surface area contributed by atoms with Crippen LogP contribution in [0.3, 0.4) is 0 Å². The van der Waals surface area contributed by atoms with Crippen LogP contribution in [0.4, 0.5) is 11.4 Å². The van der Waals surface area contributed by atoms with E-state index in [1.165, 1.54) is 6.42 Å². The molecule has 1 saturated carbocycles. The Hall–Kier alpha value is -3.29. The lowest BCUT2D eigenvalue weighted by Crippen LogP contribution is -2.44. The van der Waals surface area contributed by atoms with Crippen molar-refractivity contribution in [2.75, 3.05) is 0 Å². The van der Waals surface area contributed by atoms with Gasteiger partial charge >= 0.3 is 5.97 Å². The van der Waals surface area contributed by atoms with E-state index in [0.29, 0.717) is 36.0 Å². The number of non-ortho nitro benzene ring substituents is 2. The molecule has 4 aliphatic carbocycles. The van der Waals surface area contributed by atoms with Gasteiger partial charge in [0, 0.05) is 12.1 Å². The van der Waals surface area contributed by atoms with Crippen molar-refractivity contribution >= 4 is 17.3 Å². The molecule has 43 heavy (non-hydrogen) atoms. The van der Waals surface area contributed by atoms with Gasteiger partial charge in [-0.2, -0.15) is 0 Å². The summed E-state index contributed by atoms with van der Waals surface area (Å²) >= 11 is 0. The standard InChI is InChI=1S/C35H46N2O6/c1-21(2)22(3)7-8-23(4)30-11-12-31-29-10-9-25-19-28(13-15-34(25,5)32(29)14-16-35(30,31)6)43-33(38)24-17-26(36(39)40)20-27(18-24)37(41)42/h7-8,12,17-18,20-23,25,28,30H,9-11,13-16,19H2,1-6H3. The van der Waals surface area contributed by atoms with E-state index >= 15 is 0 Å². The van der Waals surface area contributed by atoms with Gasteiger partial charge in [0.15, 0.2) is 0 Å². The summed E-state index contributed by atoms with van der Waals surface area (Å²) in [6.07, 6.45) is 15.0. The molecule has 5 rings (SSSR count). The number of allylic oxidation sites excluding steroid dienone is 6. The SMILES string of the molecule is CC(C)C(C)C=CC(C)C1CC=C2C3=C(CCC21C)C1(C)CCC(OC(=O)c2cc([N+](=O)[O-])cc([N+](=O)[O-])c2)CC1CC3. The van der Waals surface area contributed by atoms with Crippen LogP contribution in [0.25, 0.3) is 0 Å². The number of fused-ring (bicyclic) bond motifs is 4. The van der Waals surface area contributed by atoms with Crippen LogP contribution >= 0.6 is 0 Å². The van der Waals surface area contributed by atoms with Gasteiger partial charge < -0.3 is 4.74 Å². The Morgan fingerprint density at radius 2 is 1.63 bits per heavy atom. The van der Waals surface area contributed by atoms with E-state index in [2.05, 4.69) is 59.8 Å². The maximum absolute atomic E-state index is 13.0. The molecule has 0 amide bonds. The number of nitro benzene ring substituents is 2. The summed E-state index contributed by atoms with van der Waals surface area (Å²) < 4.78 is 5.84. The summed E-state index contributed by atoms with van der Waals surface area (Å²) in [4.78, 5) is 34.1. The molecule has 0 heterocycles. The third-order valence-electron chi connectivity index (χ3n) is 11.7. The second kappa shape index (κ2) is 11.7. The molecule has 0 radical (unpaired) electrons. The van der Waals surface area contributed by atoms with Crippen LogP contribution in [0.15, 0.2) is 53.1 Å². The minimum Gasteiger partial charge on any atom is -0.459 e. The molecule has 0 saturated heterocycles. The maximum atomic E-state index is 13.0. The van der Waals surface area contributed by atoms with E-state index in [9.17, 15) is 25.0 Å². The van der Waals surface area contributed by atoms with E-state index in [4.69, 9.17) is 4.74 Å². The third kappa shape index (κ3) is 5.69. The molecule has 7 atom stereocenters. The molecule has 7 unspecified atom stereocenters. The largest absolute Gasteiger partial charge is 0.459 e. The van der Waals surface area contributed by atoms with E-state index in [-0.39, 0.29) is 22.5 Å². The normalized spacial score (nSPS) is 31.6. The molecule has 8 heteroatoms. The number of ether oxygens (including phenoxy) is 1. The van der Waals surface area contributed by atoms with Gasteiger partial charge in [0.25, 0.3) is 11.4 Å². The fraction of sp³-hybridized carbons (Fsp3) is 0.629. The van der Waals surface area contributed by atoms with Gasteiger partial charge in [0.1, 0.15) is 6.10 Å². The Balaban J connectivity index is 1.29. The number of nitrogens with zero attached hydrogens (tertiary/aromatic N) is 2. The van der Waals surface area contributed by atoms with Gasteiger partial charge in [-0.15, -0.1) is 0 Å². The molecule has 1 aromatic carbocycles. The third-order valence-corrected chi connectivity index (χ3v) is 11.7. The molecule has 1 aromatic rings. The number of esters is 1. The van der Waals surface area contributed by atoms with Crippen LogP contribution in [-0.4, -0.2) is 21.9 Å². The van der Waals surface area contributed by atoms with Gasteiger partial charge in [-0.05, 0) is 103 Å². The first-order valence-corrected chi connectivity index (χ1v) is 16.0. The highest BCUT2D eigenvalue weighted by Gasteiger charge is 2.53. The molecule has 0 bridgehead atoms. The highest BCUT2D eigenvalue weighted by atomic mass is 16.6. The summed E-state index contributed by atoms with van der Waals surface area (Å²) in [6.45, 7) is 14.2. The predicted molar refractivity (Wildman–Crippen MR) is 166 cm³/mol. The zero-order chi connectivity index (χ0) is 31.3. The average Bonchev–Trinajstić information content (AvgIpc) is 3.32. The molecule has 0 aromatic heterocycles. The summed E-state index contributed by atoms with van der Waals surface area (Å²) in [5.74, 6) is 2.04. The van der Waals surface area contributed by atoms with Gasteiger partial charge in [0.2, 0.25) is 0 Å². The molecule has 0 aliphatic heterocycles. The smallest absolute Gasteiger partial charge is 0.338 e. The first kappa shape index (κ1) is 31.1. The minimum atomic E-state index is -0.738. The monoisotopic (exact) mass is 590 g/mol. The van der Waals surface area contributed by atoms with Gasteiger partial charge in [-0.25, -0.2) is 4.79 Å². The molecule has 4 aliphatic rings. The average molecular weight is 591 g/mol. The van der Waals surface area contributed by atoms with Gasteiger partial charge in [-0.3, -0.25) is 20.2 Å². The van der Waals surface area contributed by atoms with Crippen molar-refractivity contribution in [3.63, 3.8) is 0 Å². The molecular weight excluding hydrogens is 544 g/mol. The summed E-state index contributed by atoms with van der Waals surface area (Å²) in [6, 6.07) is 2.98. The molecular formula is C35H46N2O6. The first-order chi connectivity index (χ1) is 20.2. The Morgan fingerprint density at radius 1 is 0.953 bits per heavy atom. The summed E-state index contributed by atoms with van der Waals surface area (Å²) in [5, 5.41) is 22.6. The fourth-order valence-electron chi connectivity index (χ4n) is 8.60. The number of rotatable bonds is 8. The quantitative estimate of drug-likeness (QED) is 0.129. The lowest BCUT2D eigenvalue weighted by Gasteiger charge is -2.54. The van der Waals surface area contributed by atoms with Crippen molar-refractivity contribution in [2.24, 2.45) is 40.4 Å². The zero-order valence-electron chi connectivity index (χ0n) is 26.4. The zero-order valence-corrected chi connectivity index (χ0v) is 26.4. The summed E-state index contributed by atoms with van der Waals surface area (Å²) in [5.41, 5.74) is 3.95. The molecule has 0 spiro atoms. The van der Waals surface area contributed by atoms with E-state index in [1.54, 1.807) is 16.7 Å². The van der Waals surface area contributed by atoms with Crippen molar-refractivity contribution < 1.29 is 19.4 Å². The van der Waals surface area contributed by atoms with Crippen LogP contribution in [0.2, 0.25) is 0 Å².